The highest BCUT2D eigenvalue weighted by Gasteiger charge is 2.29. The van der Waals surface area contributed by atoms with E-state index >= 15 is 0 Å². The van der Waals surface area contributed by atoms with E-state index in [0.29, 0.717) is 47.5 Å². The summed E-state index contributed by atoms with van der Waals surface area (Å²) in [4.78, 5) is 30.0. The first-order valence-corrected chi connectivity index (χ1v) is 12.0. The molecule has 5 nitrogen and oxygen atoms in total. The van der Waals surface area contributed by atoms with Gasteiger partial charge in [-0.1, -0.05) is 67.9 Å². The average molecular weight is 476 g/mol. The quantitative estimate of drug-likeness (QED) is 0.423. The highest BCUT2D eigenvalue weighted by molar-refractivity contribution is 6.34. The third-order valence-corrected chi connectivity index (χ3v) is 6.47. The third kappa shape index (κ3) is 5.26. The lowest BCUT2D eigenvalue weighted by Gasteiger charge is -2.36. The molecule has 0 bridgehead atoms. The summed E-state index contributed by atoms with van der Waals surface area (Å²) < 4.78 is 0. The molecule has 6 heteroatoms. The molecule has 4 rings (SSSR count). The number of anilines is 2. The van der Waals surface area contributed by atoms with Crippen molar-refractivity contribution in [2.75, 3.05) is 23.3 Å². The summed E-state index contributed by atoms with van der Waals surface area (Å²) in [6.45, 7) is 8.16. The van der Waals surface area contributed by atoms with Crippen molar-refractivity contribution in [3.63, 3.8) is 0 Å². The minimum Gasteiger partial charge on any atom is -0.320 e. The largest absolute Gasteiger partial charge is 0.324 e. The van der Waals surface area contributed by atoms with Crippen LogP contribution in [0.15, 0.2) is 66.7 Å². The standard InChI is InChI=1S/C28H30ClN3O2/c1-19(2)22-12-10-21(11-13-22)18-31-15-6-16-32(28(31)34)26-14-9-20(3)17-25(26)30-27(33)23-7-4-5-8-24(23)29/h4-5,7-14,17,19H,6,15-16,18H2,1-3H3,(H,30,33). The number of nitrogens with one attached hydrogen (secondary N) is 1. The topological polar surface area (TPSA) is 52.6 Å². The highest BCUT2D eigenvalue weighted by Crippen LogP contribution is 2.31. The average Bonchev–Trinajstić information content (AvgIpc) is 2.81. The van der Waals surface area contributed by atoms with Gasteiger partial charge in [0.25, 0.3) is 5.91 Å². The molecule has 0 aliphatic carbocycles. The van der Waals surface area contributed by atoms with Crippen LogP contribution in [0, 0.1) is 6.92 Å². The maximum Gasteiger partial charge on any atom is 0.324 e. The van der Waals surface area contributed by atoms with Gasteiger partial charge in [-0.3, -0.25) is 9.69 Å². The summed E-state index contributed by atoms with van der Waals surface area (Å²) in [7, 11) is 0. The summed E-state index contributed by atoms with van der Waals surface area (Å²) in [6, 6.07) is 21.1. The monoisotopic (exact) mass is 475 g/mol. The van der Waals surface area contributed by atoms with E-state index in [0.717, 1.165) is 17.5 Å². The van der Waals surface area contributed by atoms with Gasteiger partial charge in [0.05, 0.1) is 22.0 Å². The molecule has 3 amide bonds. The predicted octanol–water partition coefficient (Wildman–Crippen LogP) is 6.86. The molecule has 0 unspecified atom stereocenters. The molecule has 3 aromatic rings. The van der Waals surface area contributed by atoms with Gasteiger partial charge in [-0.2, -0.15) is 0 Å². The van der Waals surface area contributed by atoms with E-state index in [-0.39, 0.29) is 11.9 Å². The molecule has 0 spiro atoms. The van der Waals surface area contributed by atoms with Gasteiger partial charge in [-0.15, -0.1) is 0 Å². The summed E-state index contributed by atoms with van der Waals surface area (Å²) in [5.74, 6) is 0.172. The van der Waals surface area contributed by atoms with E-state index < -0.39 is 0 Å². The van der Waals surface area contributed by atoms with Gasteiger partial charge in [0.2, 0.25) is 0 Å². The molecule has 0 aromatic heterocycles. The van der Waals surface area contributed by atoms with Crippen molar-refractivity contribution >= 4 is 34.9 Å². The van der Waals surface area contributed by atoms with Gasteiger partial charge >= 0.3 is 6.03 Å². The zero-order valence-corrected chi connectivity index (χ0v) is 20.6. The Labute approximate surface area is 206 Å². The van der Waals surface area contributed by atoms with E-state index in [1.54, 1.807) is 29.2 Å². The lowest BCUT2D eigenvalue weighted by Crippen LogP contribution is -2.49. The van der Waals surface area contributed by atoms with E-state index in [4.69, 9.17) is 11.6 Å². The van der Waals surface area contributed by atoms with Crippen LogP contribution in [-0.4, -0.2) is 29.9 Å². The Hall–Kier alpha value is -3.31. The Kier molecular flexibility index (Phi) is 7.23. The highest BCUT2D eigenvalue weighted by atomic mass is 35.5. The molecule has 1 fully saturated rings. The van der Waals surface area contributed by atoms with E-state index in [1.807, 2.05) is 30.0 Å². The third-order valence-electron chi connectivity index (χ3n) is 6.14. The van der Waals surface area contributed by atoms with Crippen molar-refractivity contribution in [2.45, 2.75) is 39.7 Å². The predicted molar refractivity (Wildman–Crippen MR) is 139 cm³/mol. The van der Waals surface area contributed by atoms with Crippen LogP contribution >= 0.6 is 11.6 Å². The SMILES string of the molecule is Cc1ccc(N2CCCN(Cc3ccc(C(C)C)cc3)C2=O)c(NC(=O)c2ccccc2Cl)c1. The second-order valence-electron chi connectivity index (χ2n) is 9.06. The van der Waals surface area contributed by atoms with Gasteiger partial charge in [0, 0.05) is 19.6 Å². The number of hydrogen-bond acceptors (Lipinski definition) is 2. The van der Waals surface area contributed by atoms with Crippen molar-refractivity contribution in [2.24, 2.45) is 0 Å². The van der Waals surface area contributed by atoms with Crippen LogP contribution in [0.5, 0.6) is 0 Å². The molecular formula is C28H30ClN3O2. The lowest BCUT2D eigenvalue weighted by atomic mass is 10.0. The molecule has 0 atom stereocenters. The molecule has 1 saturated heterocycles. The van der Waals surface area contributed by atoms with Crippen molar-refractivity contribution in [3.05, 3.63) is 94.0 Å². The van der Waals surface area contributed by atoms with E-state index in [9.17, 15) is 9.59 Å². The molecule has 3 aromatic carbocycles. The maximum absolute atomic E-state index is 13.5. The summed E-state index contributed by atoms with van der Waals surface area (Å²) >= 11 is 6.22. The van der Waals surface area contributed by atoms with E-state index in [2.05, 4.69) is 43.4 Å². The molecule has 1 heterocycles. The van der Waals surface area contributed by atoms with E-state index in [1.165, 1.54) is 5.56 Å². The molecule has 0 radical (unpaired) electrons. The zero-order chi connectivity index (χ0) is 24.2. The first-order valence-electron chi connectivity index (χ1n) is 11.7. The number of nitrogens with zero attached hydrogens (tertiary/aromatic N) is 2. The molecule has 34 heavy (non-hydrogen) atoms. The summed E-state index contributed by atoms with van der Waals surface area (Å²) in [5, 5.41) is 3.36. The summed E-state index contributed by atoms with van der Waals surface area (Å²) in [6.07, 6.45) is 0.849. The first kappa shape index (κ1) is 23.8. The molecular weight excluding hydrogens is 446 g/mol. The Morgan fingerprint density at radius 3 is 2.47 bits per heavy atom. The number of carbonyl (C=O) groups excluding carboxylic acids is 2. The molecule has 1 N–H and O–H groups in total. The number of urea groups is 1. The number of rotatable bonds is 6. The number of amides is 3. The van der Waals surface area contributed by atoms with Crippen molar-refractivity contribution in [1.82, 2.24) is 4.90 Å². The fraction of sp³-hybridized carbons (Fsp3) is 0.286. The van der Waals surface area contributed by atoms with Gasteiger partial charge in [-0.25, -0.2) is 4.79 Å². The molecule has 176 valence electrons. The fourth-order valence-corrected chi connectivity index (χ4v) is 4.42. The number of carbonyl (C=O) groups is 2. The first-order chi connectivity index (χ1) is 16.3. The minimum absolute atomic E-state index is 0.0590. The van der Waals surface area contributed by atoms with Crippen LogP contribution in [0.4, 0.5) is 16.2 Å². The van der Waals surface area contributed by atoms with Gasteiger partial charge in [0.15, 0.2) is 0 Å². The Morgan fingerprint density at radius 1 is 1.03 bits per heavy atom. The van der Waals surface area contributed by atoms with Crippen molar-refractivity contribution < 1.29 is 9.59 Å². The van der Waals surface area contributed by atoms with Crippen molar-refractivity contribution in [1.29, 1.82) is 0 Å². The zero-order valence-electron chi connectivity index (χ0n) is 19.8. The fourth-order valence-electron chi connectivity index (χ4n) is 4.20. The normalized spacial score (nSPS) is 14.0. The Balaban J connectivity index is 1.55. The van der Waals surface area contributed by atoms with Crippen LogP contribution in [0.2, 0.25) is 5.02 Å². The van der Waals surface area contributed by atoms with Crippen LogP contribution in [0.3, 0.4) is 0 Å². The Morgan fingerprint density at radius 2 is 1.76 bits per heavy atom. The molecule has 1 aliphatic rings. The number of halogens is 1. The maximum atomic E-state index is 13.5. The van der Waals surface area contributed by atoms with Crippen LogP contribution < -0.4 is 10.2 Å². The second-order valence-corrected chi connectivity index (χ2v) is 9.47. The lowest BCUT2D eigenvalue weighted by molar-refractivity contribution is 0.102. The molecule has 1 aliphatic heterocycles. The summed E-state index contributed by atoms with van der Waals surface area (Å²) in [5.41, 5.74) is 5.07. The Bertz CT molecular complexity index is 1190. The van der Waals surface area contributed by atoms with Crippen LogP contribution in [0.1, 0.15) is 53.2 Å². The number of hydrogen-bond donors (Lipinski definition) is 1. The van der Waals surface area contributed by atoms with Gasteiger partial charge in [0.1, 0.15) is 0 Å². The van der Waals surface area contributed by atoms with Crippen molar-refractivity contribution in [3.8, 4) is 0 Å². The number of benzene rings is 3. The van der Waals surface area contributed by atoms with Gasteiger partial charge < -0.3 is 10.2 Å². The van der Waals surface area contributed by atoms with Gasteiger partial charge in [-0.05, 0) is 60.2 Å². The molecule has 0 saturated carbocycles. The number of aryl methyl sites for hydroxylation is 1. The second kappa shape index (κ2) is 10.3. The smallest absolute Gasteiger partial charge is 0.320 e. The minimum atomic E-state index is -0.302. The van der Waals surface area contributed by atoms with Crippen LogP contribution in [0.25, 0.3) is 0 Å². The van der Waals surface area contributed by atoms with Crippen LogP contribution in [-0.2, 0) is 6.54 Å².